The molecular weight excluding hydrogens is 578 g/mol. The molecule has 0 saturated heterocycles. The predicted molar refractivity (Wildman–Crippen MR) is 158 cm³/mol. The topological polar surface area (TPSA) is 58.6 Å². The Morgan fingerprint density at radius 1 is 0.846 bits per heavy atom. The van der Waals surface area contributed by atoms with Crippen LogP contribution in [0.5, 0.6) is 5.75 Å². The molecule has 5 nitrogen and oxygen atoms in total. The van der Waals surface area contributed by atoms with Crippen molar-refractivity contribution in [2.75, 3.05) is 6.61 Å². The van der Waals surface area contributed by atoms with Crippen molar-refractivity contribution in [1.29, 1.82) is 0 Å². The van der Waals surface area contributed by atoms with Crippen molar-refractivity contribution in [2.24, 2.45) is 0 Å². The molecule has 3 aromatic rings. The van der Waals surface area contributed by atoms with Gasteiger partial charge in [-0.05, 0) is 54.3 Å². The van der Waals surface area contributed by atoms with E-state index >= 15 is 0 Å². The van der Waals surface area contributed by atoms with Gasteiger partial charge in [0.05, 0.1) is 15.1 Å². The molecule has 206 valence electrons. The van der Waals surface area contributed by atoms with Gasteiger partial charge in [-0.2, -0.15) is 0 Å². The van der Waals surface area contributed by atoms with E-state index in [1.54, 1.807) is 41.3 Å². The van der Waals surface area contributed by atoms with Crippen LogP contribution in [0.3, 0.4) is 0 Å². The van der Waals surface area contributed by atoms with E-state index in [2.05, 4.69) is 5.32 Å². The fourth-order valence-electron chi connectivity index (χ4n) is 4.75. The lowest BCUT2D eigenvalue weighted by molar-refractivity contribution is -0.143. The van der Waals surface area contributed by atoms with Crippen LogP contribution in [0.15, 0.2) is 66.7 Å². The Morgan fingerprint density at radius 3 is 2.28 bits per heavy atom. The summed E-state index contributed by atoms with van der Waals surface area (Å²) in [4.78, 5) is 29.1. The summed E-state index contributed by atoms with van der Waals surface area (Å²) < 4.78 is 5.78. The van der Waals surface area contributed by atoms with E-state index in [0.29, 0.717) is 32.3 Å². The smallest absolute Gasteiger partial charge is 0.261 e. The summed E-state index contributed by atoms with van der Waals surface area (Å²) in [6.45, 7) is -0.173. The van der Waals surface area contributed by atoms with Gasteiger partial charge in [0.15, 0.2) is 6.61 Å². The second kappa shape index (κ2) is 14.3. The molecule has 1 aliphatic carbocycles. The molecule has 0 bridgehead atoms. The largest absolute Gasteiger partial charge is 0.482 e. The Kier molecular flexibility index (Phi) is 10.8. The highest BCUT2D eigenvalue weighted by Gasteiger charge is 2.32. The molecule has 0 heterocycles. The van der Waals surface area contributed by atoms with Gasteiger partial charge in [0.1, 0.15) is 11.8 Å². The highest BCUT2D eigenvalue weighted by atomic mass is 35.5. The van der Waals surface area contributed by atoms with Crippen molar-refractivity contribution in [3.05, 3.63) is 97.9 Å². The van der Waals surface area contributed by atoms with E-state index in [4.69, 9.17) is 51.1 Å². The second-order valence-corrected chi connectivity index (χ2v) is 11.3. The van der Waals surface area contributed by atoms with E-state index < -0.39 is 6.04 Å². The number of amides is 2. The molecule has 39 heavy (non-hydrogen) atoms. The average molecular weight is 608 g/mol. The highest BCUT2D eigenvalue weighted by molar-refractivity contribution is 6.42. The van der Waals surface area contributed by atoms with Crippen LogP contribution >= 0.6 is 46.4 Å². The molecule has 0 aliphatic heterocycles. The molecule has 1 N–H and O–H groups in total. The Labute approximate surface area is 249 Å². The second-order valence-electron chi connectivity index (χ2n) is 9.68. The molecule has 2 amide bonds. The van der Waals surface area contributed by atoms with Crippen LogP contribution in [0.1, 0.15) is 43.2 Å². The van der Waals surface area contributed by atoms with Gasteiger partial charge in [0.2, 0.25) is 5.91 Å². The first kappa shape index (κ1) is 29.5. The number of nitrogens with zero attached hydrogens (tertiary/aromatic N) is 1. The molecule has 0 radical (unpaired) electrons. The predicted octanol–water partition coefficient (Wildman–Crippen LogP) is 7.77. The first-order valence-corrected chi connectivity index (χ1v) is 14.5. The number of benzene rings is 3. The van der Waals surface area contributed by atoms with Crippen LogP contribution < -0.4 is 10.1 Å². The molecule has 1 aliphatic rings. The third-order valence-corrected chi connectivity index (χ3v) is 8.07. The average Bonchev–Trinajstić information content (AvgIpc) is 2.93. The Bertz CT molecular complexity index is 1280. The highest BCUT2D eigenvalue weighted by Crippen LogP contribution is 2.28. The number of halogens is 4. The molecule has 4 rings (SSSR count). The van der Waals surface area contributed by atoms with Crippen molar-refractivity contribution >= 4 is 58.2 Å². The number of carbonyl (C=O) groups is 2. The lowest BCUT2D eigenvalue weighted by Gasteiger charge is -2.33. The fraction of sp³-hybridized carbons (Fsp3) is 0.333. The number of rotatable bonds is 10. The van der Waals surface area contributed by atoms with E-state index in [-0.39, 0.29) is 31.0 Å². The maximum Gasteiger partial charge on any atom is 0.261 e. The quantitative estimate of drug-likeness (QED) is 0.256. The summed E-state index contributed by atoms with van der Waals surface area (Å²) in [6.07, 6.45) is 5.54. The van der Waals surface area contributed by atoms with Gasteiger partial charge in [-0.15, -0.1) is 0 Å². The molecule has 9 heteroatoms. The zero-order chi connectivity index (χ0) is 27.8. The standard InChI is InChI=1S/C30H30Cl4N2O3/c31-22-12-14-28(26(34)17-22)39-19-29(37)36(18-21-11-13-24(32)25(33)15-21)27(16-20-7-3-1-4-8-20)30(38)35-23-9-5-2-6-10-23/h1,3-4,7-8,11-15,17,23,27H,2,5-6,9-10,16,18-19H2,(H,35,38). The Hall–Kier alpha value is -2.44. The van der Waals surface area contributed by atoms with Crippen molar-refractivity contribution in [3.63, 3.8) is 0 Å². The Balaban J connectivity index is 1.63. The SMILES string of the molecule is O=C(NC1CCCCC1)C(Cc1ccccc1)N(Cc1ccc(Cl)c(Cl)c1)C(=O)COc1ccc(Cl)cc1Cl. The maximum absolute atomic E-state index is 13.8. The number of hydrogen-bond acceptors (Lipinski definition) is 3. The molecule has 1 atom stereocenters. The molecule has 0 aromatic heterocycles. The van der Waals surface area contributed by atoms with E-state index in [0.717, 1.165) is 36.8 Å². The summed E-state index contributed by atoms with van der Waals surface area (Å²) in [7, 11) is 0. The maximum atomic E-state index is 13.8. The summed E-state index contributed by atoms with van der Waals surface area (Å²) in [5.74, 6) is -0.231. The van der Waals surface area contributed by atoms with Crippen LogP contribution in [0, 0.1) is 0 Å². The monoisotopic (exact) mass is 606 g/mol. The number of ether oxygens (including phenoxy) is 1. The zero-order valence-corrected chi connectivity index (χ0v) is 24.4. The molecule has 0 spiro atoms. The summed E-state index contributed by atoms with van der Waals surface area (Å²) >= 11 is 24.7. The van der Waals surface area contributed by atoms with Gasteiger partial charge in [-0.25, -0.2) is 0 Å². The van der Waals surface area contributed by atoms with Crippen LogP contribution in [0.25, 0.3) is 0 Å². The lowest BCUT2D eigenvalue weighted by atomic mass is 9.94. The van der Waals surface area contributed by atoms with Gasteiger partial charge < -0.3 is 15.0 Å². The van der Waals surface area contributed by atoms with E-state index in [9.17, 15) is 9.59 Å². The van der Waals surface area contributed by atoms with Crippen molar-refractivity contribution in [3.8, 4) is 5.75 Å². The minimum Gasteiger partial charge on any atom is -0.482 e. The van der Waals surface area contributed by atoms with Crippen molar-refractivity contribution in [1.82, 2.24) is 10.2 Å². The third kappa shape index (κ3) is 8.52. The number of carbonyl (C=O) groups excluding carboxylic acids is 2. The van der Waals surface area contributed by atoms with Gasteiger partial charge in [0.25, 0.3) is 5.91 Å². The minimum absolute atomic E-state index is 0.0931. The van der Waals surface area contributed by atoms with Gasteiger partial charge in [0, 0.05) is 24.0 Å². The van der Waals surface area contributed by atoms with Gasteiger partial charge in [-0.1, -0.05) is 102 Å². The number of hydrogen-bond donors (Lipinski definition) is 1. The molecule has 1 saturated carbocycles. The molecule has 3 aromatic carbocycles. The van der Waals surface area contributed by atoms with Crippen molar-refractivity contribution in [2.45, 2.75) is 57.2 Å². The van der Waals surface area contributed by atoms with Crippen LogP contribution in [-0.4, -0.2) is 35.4 Å². The van der Waals surface area contributed by atoms with E-state index in [1.807, 2.05) is 30.3 Å². The molecular formula is C30H30Cl4N2O3. The van der Waals surface area contributed by atoms with Crippen molar-refractivity contribution < 1.29 is 14.3 Å². The number of nitrogens with one attached hydrogen (secondary N) is 1. The fourth-order valence-corrected chi connectivity index (χ4v) is 5.53. The Morgan fingerprint density at radius 2 is 1.59 bits per heavy atom. The van der Waals surface area contributed by atoms with Crippen LogP contribution in [-0.2, 0) is 22.6 Å². The van der Waals surface area contributed by atoms with Crippen LogP contribution in [0.2, 0.25) is 20.1 Å². The van der Waals surface area contributed by atoms with Crippen LogP contribution in [0.4, 0.5) is 0 Å². The minimum atomic E-state index is -0.777. The lowest BCUT2D eigenvalue weighted by Crippen LogP contribution is -2.53. The zero-order valence-electron chi connectivity index (χ0n) is 21.3. The van der Waals surface area contributed by atoms with Gasteiger partial charge in [-0.3, -0.25) is 9.59 Å². The molecule has 1 unspecified atom stereocenters. The summed E-state index contributed by atoms with van der Waals surface area (Å²) in [5, 5.41) is 4.75. The summed E-state index contributed by atoms with van der Waals surface area (Å²) in [5.41, 5.74) is 1.68. The third-order valence-electron chi connectivity index (χ3n) is 6.80. The summed E-state index contributed by atoms with van der Waals surface area (Å²) in [6, 6.07) is 19.0. The van der Waals surface area contributed by atoms with Gasteiger partial charge >= 0.3 is 0 Å². The first-order valence-electron chi connectivity index (χ1n) is 13.0. The normalized spacial score (nSPS) is 14.5. The first-order chi connectivity index (χ1) is 18.8. The molecule has 1 fully saturated rings. The van der Waals surface area contributed by atoms with E-state index in [1.165, 1.54) is 6.42 Å².